The largest absolute Gasteiger partial charge is 0.143 e. The van der Waals surface area contributed by atoms with Crippen LogP contribution in [0.25, 0.3) is 0 Å². The summed E-state index contributed by atoms with van der Waals surface area (Å²) in [6, 6.07) is 4.27. The van der Waals surface area contributed by atoms with Gasteiger partial charge in [-0.15, -0.1) is 34.3 Å². The van der Waals surface area contributed by atoms with Gasteiger partial charge >= 0.3 is 0 Å². The molecule has 2 rings (SSSR count). The lowest BCUT2D eigenvalue weighted by atomic mass is 10.1. The SMILES string of the molecule is Cc1cc(C)c(C(Cl)c2cc(Br)sc2Br)s1. The van der Waals surface area contributed by atoms with Gasteiger partial charge < -0.3 is 0 Å². The third kappa shape index (κ3) is 2.56. The summed E-state index contributed by atoms with van der Waals surface area (Å²) in [4.78, 5) is 2.55. The van der Waals surface area contributed by atoms with Crippen LogP contribution < -0.4 is 0 Å². The summed E-state index contributed by atoms with van der Waals surface area (Å²) < 4.78 is 2.20. The molecule has 0 aliphatic rings. The fraction of sp³-hybridized carbons (Fsp3) is 0.273. The molecule has 0 aromatic carbocycles. The molecule has 0 aliphatic carbocycles. The summed E-state index contributed by atoms with van der Waals surface area (Å²) in [7, 11) is 0. The van der Waals surface area contributed by atoms with E-state index >= 15 is 0 Å². The van der Waals surface area contributed by atoms with E-state index in [-0.39, 0.29) is 5.38 Å². The predicted molar refractivity (Wildman–Crippen MR) is 81.2 cm³/mol. The van der Waals surface area contributed by atoms with Crippen molar-refractivity contribution >= 4 is 66.1 Å². The van der Waals surface area contributed by atoms with E-state index in [0.717, 1.165) is 13.1 Å². The minimum Gasteiger partial charge on any atom is -0.143 e. The van der Waals surface area contributed by atoms with Crippen LogP contribution in [0.4, 0.5) is 0 Å². The summed E-state index contributed by atoms with van der Waals surface area (Å²) >= 11 is 17.0. The van der Waals surface area contributed by atoms with E-state index in [1.165, 1.54) is 15.3 Å². The van der Waals surface area contributed by atoms with Gasteiger partial charge in [0.05, 0.1) is 12.9 Å². The van der Waals surface area contributed by atoms with Gasteiger partial charge in [0.2, 0.25) is 0 Å². The number of aryl methyl sites for hydroxylation is 2. The lowest BCUT2D eigenvalue weighted by Crippen LogP contribution is -1.90. The third-order valence-electron chi connectivity index (χ3n) is 2.27. The highest BCUT2D eigenvalue weighted by atomic mass is 79.9. The van der Waals surface area contributed by atoms with E-state index in [0.29, 0.717) is 0 Å². The average molecular weight is 401 g/mol. The van der Waals surface area contributed by atoms with Gasteiger partial charge in [0.25, 0.3) is 0 Å². The van der Waals surface area contributed by atoms with Gasteiger partial charge in [0.15, 0.2) is 0 Å². The molecular formula is C11H9Br2ClS2. The zero-order valence-electron chi connectivity index (χ0n) is 8.68. The molecule has 0 aliphatic heterocycles. The summed E-state index contributed by atoms with van der Waals surface area (Å²) in [6.45, 7) is 4.23. The van der Waals surface area contributed by atoms with Crippen molar-refractivity contribution in [3.05, 3.63) is 40.6 Å². The molecule has 86 valence electrons. The summed E-state index contributed by atoms with van der Waals surface area (Å²) in [5.74, 6) is 0. The molecule has 0 bridgehead atoms. The van der Waals surface area contributed by atoms with Crippen molar-refractivity contribution in [2.45, 2.75) is 19.2 Å². The van der Waals surface area contributed by atoms with Crippen LogP contribution in [0.3, 0.4) is 0 Å². The Morgan fingerprint density at radius 1 is 1.19 bits per heavy atom. The van der Waals surface area contributed by atoms with Crippen LogP contribution >= 0.6 is 66.1 Å². The van der Waals surface area contributed by atoms with E-state index in [1.807, 2.05) is 0 Å². The van der Waals surface area contributed by atoms with Crippen molar-refractivity contribution in [1.82, 2.24) is 0 Å². The quantitative estimate of drug-likeness (QED) is 0.521. The second-order valence-corrected chi connectivity index (χ2v) is 9.02. The third-order valence-corrected chi connectivity index (χ3v) is 6.45. The summed E-state index contributed by atoms with van der Waals surface area (Å²) in [5, 5.41) is -0.0596. The molecule has 0 amide bonds. The molecule has 1 unspecified atom stereocenters. The lowest BCUT2D eigenvalue weighted by Gasteiger charge is -2.07. The Morgan fingerprint density at radius 2 is 1.88 bits per heavy atom. The molecule has 0 fully saturated rings. The van der Waals surface area contributed by atoms with Crippen LogP contribution in [-0.4, -0.2) is 0 Å². The number of thiophene rings is 2. The first kappa shape index (κ1) is 13.1. The van der Waals surface area contributed by atoms with Crippen LogP contribution in [0.2, 0.25) is 0 Å². The standard InChI is InChI=1S/C11H9Br2ClS2/c1-5-3-6(2)15-10(5)9(14)7-4-8(12)16-11(7)13/h3-4,9H,1-2H3. The van der Waals surface area contributed by atoms with E-state index in [9.17, 15) is 0 Å². The van der Waals surface area contributed by atoms with Crippen LogP contribution in [0, 0.1) is 13.8 Å². The maximum absolute atomic E-state index is 6.54. The molecule has 1 atom stereocenters. The molecule has 0 radical (unpaired) electrons. The van der Waals surface area contributed by atoms with Crippen molar-refractivity contribution in [3.63, 3.8) is 0 Å². The van der Waals surface area contributed by atoms with Gasteiger partial charge in [-0.05, 0) is 63.4 Å². The topological polar surface area (TPSA) is 0 Å². The Morgan fingerprint density at radius 3 is 2.31 bits per heavy atom. The van der Waals surface area contributed by atoms with E-state index in [2.05, 4.69) is 57.8 Å². The van der Waals surface area contributed by atoms with E-state index in [4.69, 9.17) is 11.6 Å². The molecule has 2 aromatic rings. The number of alkyl halides is 1. The van der Waals surface area contributed by atoms with E-state index < -0.39 is 0 Å². The van der Waals surface area contributed by atoms with Crippen molar-refractivity contribution in [2.75, 3.05) is 0 Å². The monoisotopic (exact) mass is 398 g/mol. The second kappa shape index (κ2) is 5.11. The molecule has 0 nitrogen and oxygen atoms in total. The fourth-order valence-electron chi connectivity index (χ4n) is 1.58. The highest BCUT2D eigenvalue weighted by Crippen LogP contribution is 2.43. The zero-order valence-corrected chi connectivity index (χ0v) is 14.2. The maximum Gasteiger partial charge on any atom is 0.0949 e. The Hall–Kier alpha value is 0.650. The molecule has 0 saturated carbocycles. The Bertz CT molecular complexity index is 470. The van der Waals surface area contributed by atoms with Gasteiger partial charge in [-0.2, -0.15) is 0 Å². The van der Waals surface area contributed by atoms with Gasteiger partial charge in [0, 0.05) is 15.3 Å². The fourth-order valence-corrected chi connectivity index (χ4v) is 6.19. The van der Waals surface area contributed by atoms with Gasteiger partial charge in [-0.3, -0.25) is 0 Å². The van der Waals surface area contributed by atoms with Gasteiger partial charge in [-0.25, -0.2) is 0 Å². The van der Waals surface area contributed by atoms with E-state index in [1.54, 1.807) is 22.7 Å². The maximum atomic E-state index is 6.54. The highest BCUT2D eigenvalue weighted by Gasteiger charge is 2.20. The molecule has 16 heavy (non-hydrogen) atoms. The minimum atomic E-state index is -0.0596. The zero-order chi connectivity index (χ0) is 11.9. The van der Waals surface area contributed by atoms with Gasteiger partial charge in [0.1, 0.15) is 0 Å². The van der Waals surface area contributed by atoms with Crippen LogP contribution in [0.15, 0.2) is 19.7 Å². The summed E-state index contributed by atoms with van der Waals surface area (Å²) in [6.07, 6.45) is 0. The first-order valence-electron chi connectivity index (χ1n) is 4.64. The number of hydrogen-bond acceptors (Lipinski definition) is 2. The number of halogens is 3. The van der Waals surface area contributed by atoms with Crippen LogP contribution in [0.1, 0.15) is 26.3 Å². The van der Waals surface area contributed by atoms with Crippen molar-refractivity contribution in [3.8, 4) is 0 Å². The van der Waals surface area contributed by atoms with Crippen molar-refractivity contribution in [2.24, 2.45) is 0 Å². The molecular weight excluding hydrogens is 392 g/mol. The number of hydrogen-bond donors (Lipinski definition) is 0. The van der Waals surface area contributed by atoms with Crippen LogP contribution in [0.5, 0.6) is 0 Å². The summed E-state index contributed by atoms with van der Waals surface area (Å²) in [5.41, 5.74) is 2.42. The molecule has 0 spiro atoms. The first-order chi connectivity index (χ1) is 7.49. The molecule has 2 heterocycles. The predicted octanol–water partition coefficient (Wildman–Crippen LogP) is 6.28. The van der Waals surface area contributed by atoms with Crippen LogP contribution in [-0.2, 0) is 0 Å². The normalized spacial score (nSPS) is 13.1. The lowest BCUT2D eigenvalue weighted by molar-refractivity contribution is 1.16. The first-order valence-corrected chi connectivity index (χ1v) is 8.30. The Labute approximate surface area is 125 Å². The molecule has 2 aromatic heterocycles. The molecule has 0 N–H and O–H groups in total. The minimum absolute atomic E-state index is 0.0596. The Kier molecular flexibility index (Phi) is 4.18. The molecule has 5 heteroatoms. The molecule has 0 saturated heterocycles. The van der Waals surface area contributed by atoms with Gasteiger partial charge in [-0.1, -0.05) is 0 Å². The highest BCUT2D eigenvalue weighted by molar-refractivity contribution is 9.12. The van der Waals surface area contributed by atoms with Crippen molar-refractivity contribution < 1.29 is 0 Å². The average Bonchev–Trinajstić information content (AvgIpc) is 2.68. The Balaban J connectivity index is 2.42. The van der Waals surface area contributed by atoms with Crippen molar-refractivity contribution in [1.29, 1.82) is 0 Å². The number of rotatable bonds is 2. The smallest absolute Gasteiger partial charge is 0.0949 e. The second-order valence-electron chi connectivity index (χ2n) is 3.55.